The van der Waals surface area contributed by atoms with Gasteiger partial charge in [-0.05, 0) is 61.6 Å². The summed E-state index contributed by atoms with van der Waals surface area (Å²) in [5.74, 6) is 0.766. The molecule has 2 aliphatic heterocycles. The molecule has 1 aliphatic carbocycles. The van der Waals surface area contributed by atoms with E-state index in [2.05, 4.69) is 45.9 Å². The largest absolute Gasteiger partial charge is 0.342 e. The van der Waals surface area contributed by atoms with Crippen molar-refractivity contribution in [2.75, 3.05) is 13.1 Å². The molecule has 3 aliphatic rings. The third kappa shape index (κ3) is 3.68. The Balaban J connectivity index is 1.56. The fourth-order valence-corrected chi connectivity index (χ4v) is 6.77. The van der Waals surface area contributed by atoms with Gasteiger partial charge in [-0.25, -0.2) is 0 Å². The Morgan fingerprint density at radius 2 is 1.68 bits per heavy atom. The first-order chi connectivity index (χ1) is 16.7. The molecule has 4 nitrogen and oxygen atoms in total. The van der Waals surface area contributed by atoms with E-state index in [0.717, 1.165) is 44.2 Å². The number of fused-ring (bicyclic) bond motifs is 5. The number of aldehydes is 1. The van der Waals surface area contributed by atoms with Crippen LogP contribution in [0, 0.1) is 5.92 Å². The Kier molecular flexibility index (Phi) is 5.76. The molecule has 1 saturated heterocycles. The first-order valence-corrected chi connectivity index (χ1v) is 13.2. The van der Waals surface area contributed by atoms with Gasteiger partial charge in [-0.15, -0.1) is 0 Å². The van der Waals surface area contributed by atoms with E-state index < -0.39 is 0 Å². The number of rotatable bonds is 3. The summed E-state index contributed by atoms with van der Waals surface area (Å²) >= 11 is 0. The van der Waals surface area contributed by atoms with E-state index in [-0.39, 0.29) is 5.92 Å². The summed E-state index contributed by atoms with van der Waals surface area (Å²) in [5.41, 5.74) is 7.14. The molecule has 2 aromatic carbocycles. The lowest BCUT2D eigenvalue weighted by molar-refractivity contribution is -0.136. The van der Waals surface area contributed by atoms with Crippen LogP contribution in [0.3, 0.4) is 0 Å². The second-order valence-corrected chi connectivity index (χ2v) is 10.5. The normalized spacial score (nSPS) is 21.1. The lowest BCUT2D eigenvalue weighted by Crippen LogP contribution is -2.41. The van der Waals surface area contributed by atoms with E-state index in [4.69, 9.17) is 0 Å². The Labute approximate surface area is 201 Å². The van der Waals surface area contributed by atoms with Crippen LogP contribution in [0.1, 0.15) is 78.8 Å². The van der Waals surface area contributed by atoms with Crippen molar-refractivity contribution in [3.05, 3.63) is 59.2 Å². The molecule has 4 heteroatoms. The van der Waals surface area contributed by atoms with Gasteiger partial charge in [-0.3, -0.25) is 9.59 Å². The van der Waals surface area contributed by atoms with E-state index in [1.165, 1.54) is 66.3 Å². The number of amides is 1. The highest BCUT2D eigenvalue weighted by molar-refractivity contribution is 5.96. The van der Waals surface area contributed by atoms with Crippen LogP contribution in [0.5, 0.6) is 0 Å². The molecule has 1 saturated carbocycles. The van der Waals surface area contributed by atoms with Gasteiger partial charge in [0.1, 0.15) is 6.29 Å². The Bertz CT molecular complexity index is 1230. The molecular weight excluding hydrogens is 420 g/mol. The second kappa shape index (κ2) is 9.05. The van der Waals surface area contributed by atoms with E-state index >= 15 is 0 Å². The lowest BCUT2D eigenvalue weighted by Gasteiger charge is -2.30. The molecule has 1 unspecified atom stereocenters. The number of nitrogens with zero attached hydrogens (tertiary/aromatic N) is 2. The highest BCUT2D eigenvalue weighted by atomic mass is 16.2. The minimum Gasteiger partial charge on any atom is -0.342 e. The van der Waals surface area contributed by atoms with Crippen LogP contribution in [-0.2, 0) is 17.8 Å². The average Bonchev–Trinajstić information content (AvgIpc) is 3.11. The van der Waals surface area contributed by atoms with Crippen LogP contribution < -0.4 is 0 Å². The summed E-state index contributed by atoms with van der Waals surface area (Å²) in [6, 6.07) is 14.9. The van der Waals surface area contributed by atoms with E-state index in [0.29, 0.717) is 23.9 Å². The zero-order chi connectivity index (χ0) is 23.1. The van der Waals surface area contributed by atoms with Crippen molar-refractivity contribution in [3.63, 3.8) is 0 Å². The van der Waals surface area contributed by atoms with Gasteiger partial charge in [0, 0.05) is 41.7 Å². The topological polar surface area (TPSA) is 42.3 Å². The number of carbonyl (C=O) groups excluding carboxylic acids is 2. The fraction of sp³-hybridized carbons (Fsp3) is 0.467. The number of hydrogen-bond donors (Lipinski definition) is 0. The summed E-state index contributed by atoms with van der Waals surface area (Å²) < 4.78 is 2.41. The van der Waals surface area contributed by atoms with Crippen LogP contribution in [0.4, 0.5) is 0 Å². The van der Waals surface area contributed by atoms with E-state index in [1.54, 1.807) is 0 Å². The molecule has 0 bridgehead atoms. The maximum absolute atomic E-state index is 13.7. The van der Waals surface area contributed by atoms with Crippen LogP contribution in [0.25, 0.3) is 22.2 Å². The van der Waals surface area contributed by atoms with E-state index in [1.807, 2.05) is 6.07 Å². The molecule has 0 N–H and O–H groups in total. The molecule has 6 rings (SSSR count). The monoisotopic (exact) mass is 454 g/mol. The van der Waals surface area contributed by atoms with E-state index in [9.17, 15) is 9.59 Å². The van der Waals surface area contributed by atoms with Crippen LogP contribution in [0.2, 0.25) is 0 Å². The minimum absolute atomic E-state index is 0.0739. The Morgan fingerprint density at radius 3 is 2.47 bits per heavy atom. The molecule has 3 heterocycles. The van der Waals surface area contributed by atoms with Crippen molar-refractivity contribution in [2.45, 2.75) is 70.3 Å². The average molecular weight is 455 g/mol. The van der Waals surface area contributed by atoms with Gasteiger partial charge in [0.25, 0.3) is 0 Å². The summed E-state index contributed by atoms with van der Waals surface area (Å²) in [6.07, 6.45) is 11.5. The smallest absolute Gasteiger partial charge is 0.227 e. The first kappa shape index (κ1) is 21.6. The zero-order valence-corrected chi connectivity index (χ0v) is 20.0. The molecule has 0 radical (unpaired) electrons. The van der Waals surface area contributed by atoms with Crippen molar-refractivity contribution in [2.24, 2.45) is 5.92 Å². The maximum atomic E-state index is 13.7. The predicted octanol–water partition coefficient (Wildman–Crippen LogP) is 6.35. The number of likely N-dealkylation sites (tertiary alicyclic amines) is 1. The molecule has 176 valence electrons. The summed E-state index contributed by atoms with van der Waals surface area (Å²) in [5, 5.41) is 1.27. The number of benzene rings is 2. The summed E-state index contributed by atoms with van der Waals surface area (Å²) in [4.78, 5) is 27.6. The molecule has 2 fully saturated rings. The molecule has 3 aromatic rings. The predicted molar refractivity (Wildman–Crippen MR) is 136 cm³/mol. The number of piperidine rings is 1. The van der Waals surface area contributed by atoms with Gasteiger partial charge in [0.2, 0.25) is 5.91 Å². The van der Waals surface area contributed by atoms with Crippen molar-refractivity contribution < 1.29 is 9.59 Å². The number of carbonyl (C=O) groups is 2. The highest BCUT2D eigenvalue weighted by Crippen LogP contribution is 2.46. The van der Waals surface area contributed by atoms with Crippen molar-refractivity contribution in [1.29, 1.82) is 0 Å². The number of hydrogen-bond acceptors (Lipinski definition) is 2. The van der Waals surface area contributed by atoms with Crippen LogP contribution in [0.15, 0.2) is 42.5 Å². The second-order valence-electron chi connectivity index (χ2n) is 10.5. The number of aromatic nitrogens is 1. The standard InChI is InChI=1S/C30H34N2O2/c33-20-21-13-14-26-27(17-21)32-19-24(30(34)31-15-7-2-8-16-31)18-23-11-5-6-12-25(23)29(32)28(26)22-9-3-1-4-10-22/h5-6,11-14,17,20,22,24H,1-4,7-10,15-16,18-19H2. The molecule has 0 spiro atoms. The van der Waals surface area contributed by atoms with Gasteiger partial charge < -0.3 is 9.47 Å². The Morgan fingerprint density at radius 1 is 0.912 bits per heavy atom. The van der Waals surface area contributed by atoms with Crippen molar-refractivity contribution in [3.8, 4) is 11.3 Å². The molecule has 1 amide bonds. The Hall–Kier alpha value is -2.88. The van der Waals surface area contributed by atoms with Gasteiger partial charge in [-0.2, -0.15) is 0 Å². The molecular formula is C30H34N2O2. The van der Waals surface area contributed by atoms with Crippen LogP contribution >= 0.6 is 0 Å². The summed E-state index contributed by atoms with van der Waals surface area (Å²) in [6.45, 7) is 2.46. The molecule has 1 atom stereocenters. The minimum atomic E-state index is -0.0739. The molecule has 34 heavy (non-hydrogen) atoms. The summed E-state index contributed by atoms with van der Waals surface area (Å²) in [7, 11) is 0. The van der Waals surface area contributed by atoms with Gasteiger partial charge in [0.15, 0.2) is 0 Å². The van der Waals surface area contributed by atoms with Crippen molar-refractivity contribution in [1.82, 2.24) is 9.47 Å². The van der Waals surface area contributed by atoms with Gasteiger partial charge in [0.05, 0.1) is 11.6 Å². The van der Waals surface area contributed by atoms with Crippen LogP contribution in [-0.4, -0.2) is 34.7 Å². The fourth-order valence-electron chi connectivity index (χ4n) is 6.77. The zero-order valence-electron chi connectivity index (χ0n) is 20.0. The van der Waals surface area contributed by atoms with Gasteiger partial charge in [-0.1, -0.05) is 55.7 Å². The van der Waals surface area contributed by atoms with Crippen molar-refractivity contribution >= 4 is 23.1 Å². The maximum Gasteiger partial charge on any atom is 0.227 e. The van der Waals surface area contributed by atoms with Gasteiger partial charge >= 0.3 is 0 Å². The third-order valence-electron chi connectivity index (χ3n) is 8.44. The third-order valence-corrected chi connectivity index (χ3v) is 8.44. The molecule has 1 aromatic heterocycles. The SMILES string of the molecule is O=Cc1ccc2c(C3CCCCC3)c3n(c2c1)CC(C(=O)N1CCCCC1)Cc1ccccc1-3. The lowest BCUT2D eigenvalue weighted by atomic mass is 9.81. The highest BCUT2D eigenvalue weighted by Gasteiger charge is 2.34. The first-order valence-electron chi connectivity index (χ1n) is 13.2. The quantitative estimate of drug-likeness (QED) is 0.433.